The maximum absolute atomic E-state index is 11.1. The standard InChI is InChI=1S/C14H18ClN3O2S/c1-14(2,8-16)9-18-13-12(15)10(4-6-17-13)21-7-5-11(19)20-3/h4,6H,5,7,9H2,1-3H3,(H,17,18). The molecule has 7 heteroatoms. The molecule has 0 saturated carbocycles. The fourth-order valence-electron chi connectivity index (χ4n) is 1.35. The van der Waals surface area contributed by atoms with Gasteiger partial charge in [-0.1, -0.05) is 11.6 Å². The summed E-state index contributed by atoms with van der Waals surface area (Å²) in [6.07, 6.45) is 1.97. The molecule has 1 N–H and O–H groups in total. The van der Waals surface area contributed by atoms with Crippen molar-refractivity contribution in [3.05, 3.63) is 17.3 Å². The van der Waals surface area contributed by atoms with Gasteiger partial charge in [-0.15, -0.1) is 11.8 Å². The van der Waals surface area contributed by atoms with Crippen molar-refractivity contribution >= 4 is 35.1 Å². The molecule has 0 saturated heterocycles. The molecule has 0 spiro atoms. The van der Waals surface area contributed by atoms with Crippen LogP contribution in [0.5, 0.6) is 0 Å². The molecule has 0 atom stereocenters. The van der Waals surface area contributed by atoms with E-state index in [4.69, 9.17) is 16.9 Å². The highest BCUT2D eigenvalue weighted by molar-refractivity contribution is 7.99. The summed E-state index contributed by atoms with van der Waals surface area (Å²) >= 11 is 7.75. The molecule has 0 unspecified atom stereocenters. The topological polar surface area (TPSA) is 75.0 Å². The summed E-state index contributed by atoms with van der Waals surface area (Å²) in [5.41, 5.74) is -0.501. The van der Waals surface area contributed by atoms with Crippen LogP contribution in [-0.4, -0.2) is 30.4 Å². The Hall–Kier alpha value is -1.45. The Morgan fingerprint density at radius 2 is 2.33 bits per heavy atom. The molecule has 1 heterocycles. The minimum absolute atomic E-state index is 0.248. The van der Waals surface area contributed by atoms with Gasteiger partial charge in [-0.3, -0.25) is 4.79 Å². The molecular weight excluding hydrogens is 310 g/mol. The summed E-state index contributed by atoms with van der Waals surface area (Å²) < 4.78 is 4.59. The van der Waals surface area contributed by atoms with Gasteiger partial charge in [0.25, 0.3) is 0 Å². The first kappa shape index (κ1) is 17.6. The number of hydrogen-bond donors (Lipinski definition) is 1. The Morgan fingerprint density at radius 1 is 1.62 bits per heavy atom. The number of halogens is 1. The molecule has 0 amide bonds. The zero-order valence-corrected chi connectivity index (χ0v) is 13.8. The maximum Gasteiger partial charge on any atom is 0.306 e. The molecule has 0 aromatic carbocycles. The van der Waals surface area contributed by atoms with Crippen LogP contribution >= 0.6 is 23.4 Å². The Balaban J connectivity index is 2.66. The highest BCUT2D eigenvalue weighted by atomic mass is 35.5. The normalized spacial score (nSPS) is 10.8. The van der Waals surface area contributed by atoms with E-state index in [9.17, 15) is 4.79 Å². The van der Waals surface area contributed by atoms with Crippen molar-refractivity contribution in [3.8, 4) is 6.07 Å². The molecule has 1 rings (SSSR count). The van der Waals surface area contributed by atoms with Crippen LogP contribution in [0.2, 0.25) is 5.02 Å². The predicted molar refractivity (Wildman–Crippen MR) is 84.5 cm³/mol. The van der Waals surface area contributed by atoms with Gasteiger partial charge in [0.15, 0.2) is 0 Å². The van der Waals surface area contributed by atoms with Crippen LogP contribution < -0.4 is 5.32 Å². The van der Waals surface area contributed by atoms with Gasteiger partial charge in [0.05, 0.1) is 30.0 Å². The first-order valence-electron chi connectivity index (χ1n) is 6.39. The smallest absolute Gasteiger partial charge is 0.306 e. The lowest BCUT2D eigenvalue weighted by Crippen LogP contribution is -2.21. The molecule has 0 radical (unpaired) electrons. The van der Waals surface area contributed by atoms with E-state index >= 15 is 0 Å². The number of aromatic nitrogens is 1. The number of rotatable bonds is 7. The second-order valence-electron chi connectivity index (χ2n) is 5.00. The number of nitriles is 1. The highest BCUT2D eigenvalue weighted by Gasteiger charge is 2.18. The van der Waals surface area contributed by atoms with Crippen LogP contribution in [0.3, 0.4) is 0 Å². The summed E-state index contributed by atoms with van der Waals surface area (Å²) in [5, 5.41) is 12.6. The minimum atomic E-state index is -0.501. The fourth-order valence-corrected chi connectivity index (χ4v) is 2.56. The van der Waals surface area contributed by atoms with Crippen molar-refractivity contribution in [1.82, 2.24) is 4.98 Å². The summed E-state index contributed by atoms with van der Waals surface area (Å²) in [5.74, 6) is 0.879. The van der Waals surface area contributed by atoms with E-state index in [-0.39, 0.29) is 5.97 Å². The molecule has 114 valence electrons. The van der Waals surface area contributed by atoms with Gasteiger partial charge < -0.3 is 10.1 Å². The van der Waals surface area contributed by atoms with Gasteiger partial charge in [0.1, 0.15) is 5.82 Å². The molecule has 1 aromatic heterocycles. The van der Waals surface area contributed by atoms with Crippen LogP contribution in [-0.2, 0) is 9.53 Å². The molecule has 0 aliphatic heterocycles. The Morgan fingerprint density at radius 3 is 2.95 bits per heavy atom. The Labute approximate surface area is 134 Å². The van der Waals surface area contributed by atoms with Gasteiger partial charge in [-0.05, 0) is 19.9 Å². The molecule has 0 aliphatic carbocycles. The second kappa shape index (κ2) is 8.11. The van der Waals surface area contributed by atoms with Crippen molar-refractivity contribution in [1.29, 1.82) is 5.26 Å². The summed E-state index contributed by atoms with van der Waals surface area (Å²) in [6.45, 7) is 4.12. The summed E-state index contributed by atoms with van der Waals surface area (Å²) in [7, 11) is 1.37. The maximum atomic E-state index is 11.1. The van der Waals surface area contributed by atoms with Crippen LogP contribution in [0.4, 0.5) is 5.82 Å². The number of esters is 1. The molecular formula is C14H18ClN3O2S. The quantitative estimate of drug-likeness (QED) is 0.611. The average molecular weight is 328 g/mol. The Bertz CT molecular complexity index is 544. The first-order chi connectivity index (χ1) is 9.89. The van der Waals surface area contributed by atoms with E-state index in [1.807, 2.05) is 13.8 Å². The zero-order valence-electron chi connectivity index (χ0n) is 12.3. The monoisotopic (exact) mass is 327 g/mol. The van der Waals surface area contributed by atoms with E-state index in [0.717, 1.165) is 4.90 Å². The molecule has 0 bridgehead atoms. The van der Waals surface area contributed by atoms with Crippen LogP contribution in [0.15, 0.2) is 17.2 Å². The van der Waals surface area contributed by atoms with Crippen molar-refractivity contribution < 1.29 is 9.53 Å². The van der Waals surface area contributed by atoms with Crippen LogP contribution in [0, 0.1) is 16.7 Å². The lowest BCUT2D eigenvalue weighted by atomic mass is 9.96. The SMILES string of the molecule is COC(=O)CCSc1ccnc(NCC(C)(C)C#N)c1Cl. The van der Waals surface area contributed by atoms with E-state index in [1.54, 1.807) is 12.3 Å². The van der Waals surface area contributed by atoms with Gasteiger partial charge >= 0.3 is 5.97 Å². The highest BCUT2D eigenvalue weighted by Crippen LogP contribution is 2.32. The van der Waals surface area contributed by atoms with Crippen LogP contribution in [0.25, 0.3) is 0 Å². The van der Waals surface area contributed by atoms with Gasteiger partial charge in [-0.25, -0.2) is 4.98 Å². The van der Waals surface area contributed by atoms with Gasteiger partial charge in [0.2, 0.25) is 0 Å². The Kier molecular flexibility index (Phi) is 6.79. The van der Waals surface area contributed by atoms with Gasteiger partial charge in [-0.2, -0.15) is 5.26 Å². The third kappa shape index (κ3) is 5.82. The number of anilines is 1. The van der Waals surface area contributed by atoms with E-state index in [0.29, 0.717) is 29.6 Å². The number of pyridine rings is 1. The average Bonchev–Trinajstić information content (AvgIpc) is 2.47. The van der Waals surface area contributed by atoms with Gasteiger partial charge in [0, 0.05) is 23.4 Å². The van der Waals surface area contributed by atoms with E-state index in [1.165, 1.54) is 18.9 Å². The lowest BCUT2D eigenvalue weighted by Gasteiger charge is -2.17. The molecule has 21 heavy (non-hydrogen) atoms. The zero-order chi connectivity index (χ0) is 15.9. The van der Waals surface area contributed by atoms with E-state index < -0.39 is 5.41 Å². The first-order valence-corrected chi connectivity index (χ1v) is 7.75. The molecule has 1 aromatic rings. The molecule has 5 nitrogen and oxygen atoms in total. The minimum Gasteiger partial charge on any atom is -0.469 e. The summed E-state index contributed by atoms with van der Waals surface area (Å²) in [4.78, 5) is 16.1. The van der Waals surface area contributed by atoms with Crippen molar-refractivity contribution in [3.63, 3.8) is 0 Å². The number of carbonyl (C=O) groups excluding carboxylic acids is 1. The largest absolute Gasteiger partial charge is 0.469 e. The third-order valence-corrected chi connectivity index (χ3v) is 4.20. The predicted octanol–water partition coefficient (Wildman–Crippen LogP) is 3.35. The number of nitrogens with zero attached hydrogens (tertiary/aromatic N) is 2. The van der Waals surface area contributed by atoms with Crippen molar-refractivity contribution in [2.24, 2.45) is 5.41 Å². The second-order valence-corrected chi connectivity index (χ2v) is 6.51. The number of hydrogen-bond acceptors (Lipinski definition) is 6. The number of nitrogens with one attached hydrogen (secondary N) is 1. The molecule has 0 fully saturated rings. The third-order valence-electron chi connectivity index (χ3n) is 2.65. The van der Waals surface area contributed by atoms with E-state index in [2.05, 4.69) is 21.1 Å². The number of carbonyl (C=O) groups is 1. The number of ether oxygens (including phenoxy) is 1. The van der Waals surface area contributed by atoms with Crippen molar-refractivity contribution in [2.45, 2.75) is 25.2 Å². The van der Waals surface area contributed by atoms with Crippen molar-refractivity contribution in [2.75, 3.05) is 24.7 Å². The lowest BCUT2D eigenvalue weighted by molar-refractivity contribution is -0.140. The van der Waals surface area contributed by atoms with Crippen LogP contribution in [0.1, 0.15) is 20.3 Å². The summed E-state index contributed by atoms with van der Waals surface area (Å²) in [6, 6.07) is 4.01. The number of thioether (sulfide) groups is 1. The number of methoxy groups -OCH3 is 1. The molecule has 0 aliphatic rings. The fraction of sp³-hybridized carbons (Fsp3) is 0.500.